The second-order valence-corrected chi connectivity index (χ2v) is 6.33. The first kappa shape index (κ1) is 19.6. The number of carbonyl (C=O) groups is 1. The summed E-state index contributed by atoms with van der Waals surface area (Å²) in [6, 6.07) is 8.39. The summed E-state index contributed by atoms with van der Waals surface area (Å²) in [5, 5.41) is 11.1. The molecule has 1 aromatic carbocycles. The Balaban J connectivity index is 1.59. The molecular weight excluding hydrogens is 377 g/mol. The van der Waals surface area contributed by atoms with Crippen LogP contribution in [0.25, 0.3) is 0 Å². The number of alkyl halides is 3. The first-order chi connectivity index (χ1) is 13.3. The minimum atomic E-state index is -4.43. The van der Waals surface area contributed by atoms with Crippen LogP contribution in [0.1, 0.15) is 11.1 Å². The lowest BCUT2D eigenvalue weighted by atomic mass is 10.1. The molecular formula is C18H17F3N4O3. The van der Waals surface area contributed by atoms with E-state index < -0.39 is 16.7 Å². The molecule has 0 atom stereocenters. The minimum absolute atomic E-state index is 0.0737. The number of nitro groups is 1. The number of rotatable bonds is 4. The quantitative estimate of drug-likeness (QED) is 0.589. The highest BCUT2D eigenvalue weighted by atomic mass is 19.4. The molecule has 1 aliphatic rings. The molecule has 2 heterocycles. The number of carbonyl (C=O) groups excluding carboxylic acids is 1. The Morgan fingerprint density at radius 3 is 2.36 bits per heavy atom. The van der Waals surface area contributed by atoms with E-state index in [1.165, 1.54) is 12.1 Å². The number of piperazine rings is 1. The summed E-state index contributed by atoms with van der Waals surface area (Å²) in [7, 11) is 0. The molecule has 1 aromatic heterocycles. The van der Waals surface area contributed by atoms with Crippen molar-refractivity contribution in [2.24, 2.45) is 0 Å². The van der Waals surface area contributed by atoms with Gasteiger partial charge in [-0.2, -0.15) is 13.2 Å². The van der Waals surface area contributed by atoms with Gasteiger partial charge in [0.2, 0.25) is 5.91 Å². The highest BCUT2D eigenvalue weighted by Crippen LogP contribution is 2.29. The number of amides is 1. The van der Waals surface area contributed by atoms with Crippen LogP contribution in [0.15, 0.2) is 42.6 Å². The molecule has 0 bridgehead atoms. The zero-order valence-corrected chi connectivity index (χ0v) is 14.7. The molecule has 10 heteroatoms. The Morgan fingerprint density at radius 2 is 1.79 bits per heavy atom. The molecule has 0 N–H and O–H groups in total. The minimum Gasteiger partial charge on any atom is -0.353 e. The van der Waals surface area contributed by atoms with Crippen LogP contribution in [-0.4, -0.2) is 46.9 Å². The van der Waals surface area contributed by atoms with Gasteiger partial charge in [-0.3, -0.25) is 14.9 Å². The molecule has 1 saturated heterocycles. The summed E-state index contributed by atoms with van der Waals surface area (Å²) in [6.07, 6.45) is -3.71. The number of nitro benzene ring substituents is 1. The van der Waals surface area contributed by atoms with Gasteiger partial charge in [0.25, 0.3) is 5.69 Å². The van der Waals surface area contributed by atoms with E-state index in [4.69, 9.17) is 0 Å². The van der Waals surface area contributed by atoms with Gasteiger partial charge < -0.3 is 9.80 Å². The molecule has 0 spiro atoms. The predicted octanol–water partition coefficient (Wildman–Crippen LogP) is 2.90. The summed E-state index contributed by atoms with van der Waals surface area (Å²) < 4.78 is 37.9. The fraction of sp³-hybridized carbons (Fsp3) is 0.333. The van der Waals surface area contributed by atoms with Crippen molar-refractivity contribution in [3.63, 3.8) is 0 Å². The summed E-state index contributed by atoms with van der Waals surface area (Å²) in [6.45, 7) is 1.56. The number of para-hydroxylation sites is 1. The average Bonchev–Trinajstić information content (AvgIpc) is 2.68. The standard InChI is InChI=1S/C18H17F3N4O3/c19-18(20,21)14-5-6-16(22-12-14)23-7-9-24(10-8-23)17(26)11-13-3-1-2-4-15(13)25(27)28/h1-6,12H,7-11H2. The van der Waals surface area contributed by atoms with Crippen molar-refractivity contribution in [2.75, 3.05) is 31.1 Å². The van der Waals surface area contributed by atoms with Crippen molar-refractivity contribution >= 4 is 17.4 Å². The maximum absolute atomic E-state index is 12.6. The van der Waals surface area contributed by atoms with Crippen LogP contribution in [0, 0.1) is 10.1 Å². The molecule has 0 aliphatic carbocycles. The molecule has 0 unspecified atom stereocenters. The molecule has 0 saturated carbocycles. The Morgan fingerprint density at radius 1 is 1.11 bits per heavy atom. The van der Waals surface area contributed by atoms with E-state index in [1.807, 2.05) is 0 Å². The lowest BCUT2D eigenvalue weighted by Gasteiger charge is -2.35. The highest BCUT2D eigenvalue weighted by molar-refractivity contribution is 5.80. The molecule has 1 aliphatic heterocycles. The van der Waals surface area contributed by atoms with Crippen LogP contribution in [0.2, 0.25) is 0 Å². The maximum Gasteiger partial charge on any atom is 0.417 e. The van der Waals surface area contributed by atoms with Crippen LogP contribution < -0.4 is 4.90 Å². The second-order valence-electron chi connectivity index (χ2n) is 6.33. The van der Waals surface area contributed by atoms with Gasteiger partial charge in [0.05, 0.1) is 16.9 Å². The molecule has 3 rings (SSSR count). The monoisotopic (exact) mass is 394 g/mol. The van der Waals surface area contributed by atoms with E-state index in [-0.39, 0.29) is 18.0 Å². The Hall–Kier alpha value is -3.17. The van der Waals surface area contributed by atoms with Crippen molar-refractivity contribution in [1.29, 1.82) is 0 Å². The van der Waals surface area contributed by atoms with E-state index in [2.05, 4.69) is 4.98 Å². The van der Waals surface area contributed by atoms with Crippen LogP contribution in [-0.2, 0) is 17.4 Å². The normalized spacial score (nSPS) is 14.8. The summed E-state index contributed by atoms with van der Waals surface area (Å²) in [4.78, 5) is 30.3. The number of hydrogen-bond acceptors (Lipinski definition) is 5. The molecule has 28 heavy (non-hydrogen) atoms. The van der Waals surface area contributed by atoms with Crippen molar-refractivity contribution in [3.8, 4) is 0 Å². The molecule has 148 valence electrons. The number of nitrogens with zero attached hydrogens (tertiary/aromatic N) is 4. The second kappa shape index (κ2) is 7.83. The zero-order valence-electron chi connectivity index (χ0n) is 14.7. The van der Waals surface area contributed by atoms with Crippen LogP contribution in [0.4, 0.5) is 24.7 Å². The van der Waals surface area contributed by atoms with Gasteiger partial charge in [-0.15, -0.1) is 0 Å². The van der Waals surface area contributed by atoms with Gasteiger partial charge in [0.1, 0.15) is 5.82 Å². The summed E-state index contributed by atoms with van der Waals surface area (Å²) in [5.41, 5.74) is -0.553. The Kier molecular flexibility index (Phi) is 5.48. The number of anilines is 1. The topological polar surface area (TPSA) is 79.6 Å². The third kappa shape index (κ3) is 4.38. The van der Waals surface area contributed by atoms with Gasteiger partial charge in [0.15, 0.2) is 0 Å². The smallest absolute Gasteiger partial charge is 0.353 e. The first-order valence-corrected chi connectivity index (χ1v) is 8.54. The number of aromatic nitrogens is 1. The average molecular weight is 394 g/mol. The zero-order chi connectivity index (χ0) is 20.3. The molecule has 1 fully saturated rings. The van der Waals surface area contributed by atoms with E-state index in [0.717, 1.165) is 12.3 Å². The lowest BCUT2D eigenvalue weighted by molar-refractivity contribution is -0.385. The Labute approximate surface area is 158 Å². The van der Waals surface area contributed by atoms with Gasteiger partial charge in [-0.1, -0.05) is 18.2 Å². The molecule has 0 radical (unpaired) electrons. The maximum atomic E-state index is 12.6. The summed E-state index contributed by atoms with van der Waals surface area (Å²) >= 11 is 0. The SMILES string of the molecule is O=C(Cc1ccccc1[N+](=O)[O-])N1CCN(c2ccc(C(F)(F)F)cn2)CC1. The van der Waals surface area contributed by atoms with Crippen LogP contribution in [0.5, 0.6) is 0 Å². The van der Waals surface area contributed by atoms with E-state index in [1.54, 1.807) is 28.0 Å². The number of hydrogen-bond donors (Lipinski definition) is 0. The van der Waals surface area contributed by atoms with Gasteiger partial charge >= 0.3 is 6.18 Å². The predicted molar refractivity (Wildman–Crippen MR) is 94.8 cm³/mol. The fourth-order valence-corrected chi connectivity index (χ4v) is 3.04. The van der Waals surface area contributed by atoms with Crippen molar-refractivity contribution in [1.82, 2.24) is 9.88 Å². The van der Waals surface area contributed by atoms with Crippen molar-refractivity contribution in [3.05, 3.63) is 63.8 Å². The largest absolute Gasteiger partial charge is 0.417 e. The van der Waals surface area contributed by atoms with E-state index in [9.17, 15) is 28.1 Å². The van der Waals surface area contributed by atoms with Gasteiger partial charge in [0, 0.05) is 44.0 Å². The fourth-order valence-electron chi connectivity index (χ4n) is 3.04. The molecule has 7 nitrogen and oxygen atoms in total. The first-order valence-electron chi connectivity index (χ1n) is 8.54. The van der Waals surface area contributed by atoms with Crippen LogP contribution in [0.3, 0.4) is 0 Å². The third-order valence-corrected chi connectivity index (χ3v) is 4.56. The molecule has 1 amide bonds. The molecule has 2 aromatic rings. The van der Waals surface area contributed by atoms with Crippen molar-refractivity contribution < 1.29 is 22.9 Å². The van der Waals surface area contributed by atoms with Gasteiger partial charge in [-0.05, 0) is 12.1 Å². The van der Waals surface area contributed by atoms with Crippen molar-refractivity contribution in [2.45, 2.75) is 12.6 Å². The van der Waals surface area contributed by atoms with Gasteiger partial charge in [-0.25, -0.2) is 4.98 Å². The van der Waals surface area contributed by atoms with Crippen LogP contribution >= 0.6 is 0 Å². The third-order valence-electron chi connectivity index (χ3n) is 4.56. The highest BCUT2D eigenvalue weighted by Gasteiger charge is 2.31. The lowest BCUT2D eigenvalue weighted by Crippen LogP contribution is -2.49. The Bertz CT molecular complexity index is 863. The summed E-state index contributed by atoms with van der Waals surface area (Å²) in [5.74, 6) is 0.188. The number of halogens is 3. The number of pyridine rings is 1. The van der Waals surface area contributed by atoms with E-state index in [0.29, 0.717) is 37.6 Å². The number of benzene rings is 1. The van der Waals surface area contributed by atoms with E-state index >= 15 is 0 Å².